The Bertz CT molecular complexity index is 3110. The number of likely N-dealkylation sites (N-methyl/N-ethyl adjacent to an activating group) is 4. The van der Waals surface area contributed by atoms with Gasteiger partial charge in [0.05, 0.1) is 25.5 Å². The first-order chi connectivity index (χ1) is 40.9. The van der Waals surface area contributed by atoms with Crippen LogP contribution in [0.4, 0.5) is 0 Å². The van der Waals surface area contributed by atoms with Gasteiger partial charge in [0.1, 0.15) is 34.0 Å². The zero-order valence-corrected chi connectivity index (χ0v) is 54.2. The first-order valence-electron chi connectivity index (χ1n) is 29.1. The van der Waals surface area contributed by atoms with Gasteiger partial charge in [0.15, 0.2) is 24.4 Å². The van der Waals surface area contributed by atoms with Crippen LogP contribution < -0.4 is 10.3 Å². The summed E-state index contributed by atoms with van der Waals surface area (Å²) in [4.78, 5) is 122. The lowest BCUT2D eigenvalue weighted by Crippen LogP contribution is -2.55. The molecule has 0 bridgehead atoms. The summed E-state index contributed by atoms with van der Waals surface area (Å²) in [6.07, 6.45) is -2.07. The van der Waals surface area contributed by atoms with E-state index in [2.05, 4.69) is 10.2 Å². The minimum absolute atomic E-state index is 0.0108. The fraction of sp³-hybridized carbons (Fsp3) is 0.567. The summed E-state index contributed by atoms with van der Waals surface area (Å²) in [5, 5.41) is 18.7. The Labute approximate surface area is 515 Å². The van der Waals surface area contributed by atoms with E-state index in [9.17, 15) is 45.6 Å². The quantitative estimate of drug-likeness (QED) is 0.106. The average Bonchev–Trinajstić information content (AvgIpc) is 2.93. The van der Waals surface area contributed by atoms with Crippen molar-refractivity contribution in [1.82, 2.24) is 39.2 Å². The van der Waals surface area contributed by atoms with Gasteiger partial charge in [-0.2, -0.15) is 10.2 Å². The predicted molar refractivity (Wildman–Crippen MR) is 321 cm³/mol. The molecule has 2 aromatic heterocycles. The zero-order valence-electron chi connectivity index (χ0n) is 52.6. The van der Waals surface area contributed by atoms with Crippen LogP contribution >= 0.6 is 0 Å². The Kier molecular flexibility index (Phi) is 24.7. The number of carbonyl (C=O) groups excluding carboxylic acids is 8. The lowest BCUT2D eigenvalue weighted by atomic mass is 9.99. The zero-order chi connectivity index (χ0) is 65.9. The van der Waals surface area contributed by atoms with E-state index >= 15 is 9.59 Å². The standard InChI is InChI=1S/C60H86N10O16S2/c1-35(2)23-47-57(75)83-39(9)53(71)65(11)50(26-38(7)8)60(78)86-52(28-42-17-21-44(22-18-42)32-70-34-46(30-64-70)88(62,81)82)56(74)68(14)48(24-36(3)4)58(76)84-40(10)54(72)66(12)49(25-37(5)6)59(77)85-51(55(73)67(47)13)27-41-15-19-43(20-16-41)31-69-33-45(29-63-69)87(61,79)80/h15-22,29-30,33-40,47-52H,23-28,31-32H2,1-14H3,(H2,61,79,80)(H2,62,81,82)/t39-,40-,47+,48+,49+,50+,51-,52-/m1/s1. The number of amides is 4. The van der Waals surface area contributed by atoms with Crippen LogP contribution in [0, 0.1) is 23.7 Å². The van der Waals surface area contributed by atoms with E-state index in [1.165, 1.54) is 63.8 Å². The van der Waals surface area contributed by atoms with E-state index in [-0.39, 0.29) is 85.1 Å². The lowest BCUT2D eigenvalue weighted by Gasteiger charge is -2.35. The molecule has 484 valence electrons. The molecule has 1 saturated heterocycles. The van der Waals surface area contributed by atoms with Crippen molar-refractivity contribution < 1.29 is 74.1 Å². The number of nitrogens with two attached hydrogens (primary N) is 2. The molecule has 0 saturated carbocycles. The fourth-order valence-corrected chi connectivity index (χ4v) is 10.9. The van der Waals surface area contributed by atoms with E-state index in [1.807, 2.05) is 0 Å². The number of primary sulfonamides is 2. The largest absolute Gasteiger partial charge is 0.451 e. The smallest absolute Gasteiger partial charge is 0.329 e. The Balaban J connectivity index is 1.58. The van der Waals surface area contributed by atoms with Gasteiger partial charge in [-0.3, -0.25) is 28.5 Å². The molecule has 0 spiro atoms. The second-order valence-electron chi connectivity index (χ2n) is 24.3. The monoisotopic (exact) mass is 1270 g/mol. The molecule has 5 rings (SSSR count). The highest BCUT2D eigenvalue weighted by atomic mass is 32.2. The number of ether oxygens (including phenoxy) is 4. The summed E-state index contributed by atoms with van der Waals surface area (Å²) in [5.41, 5.74) is 2.31. The number of benzene rings is 2. The van der Waals surface area contributed by atoms with Crippen molar-refractivity contribution in [2.24, 2.45) is 33.9 Å². The lowest BCUT2D eigenvalue weighted by molar-refractivity contribution is -0.176. The SMILES string of the molecule is CC(C)C[C@H]1C(=O)O[C@H](Cc2ccc(Cn3cc(S(N)(=O)=O)cn3)cc2)C(=O)N(C)[C@@H](CC(C)C)C(=O)O[C@H](C)C(=O)N(C)[C@@H](CC(C)C)C(=O)O[C@H](Cc2ccc(Cn3cc(S(N)(=O)=O)cn3)cc2)C(=O)N(C)[C@@H](CC(C)C)C(=O)O[C@H](C)C(=O)N1C. The molecule has 1 aliphatic heterocycles. The molecule has 8 atom stereocenters. The summed E-state index contributed by atoms with van der Waals surface area (Å²) in [6, 6.07) is 7.97. The molecule has 0 radical (unpaired) electrons. The Morgan fingerprint density at radius 3 is 0.920 bits per heavy atom. The number of sulfonamides is 2. The highest BCUT2D eigenvalue weighted by molar-refractivity contribution is 7.89. The summed E-state index contributed by atoms with van der Waals surface area (Å²) in [6.45, 7) is 17.3. The Hall–Kier alpha value is -7.56. The van der Waals surface area contributed by atoms with E-state index in [4.69, 9.17) is 29.2 Å². The maximum absolute atomic E-state index is 15.0. The van der Waals surface area contributed by atoms with E-state index in [1.54, 1.807) is 104 Å². The number of hydrogen-bond acceptors (Lipinski definition) is 18. The van der Waals surface area contributed by atoms with Crippen molar-refractivity contribution >= 4 is 67.6 Å². The number of cyclic esters (lactones) is 4. The number of nitrogens with zero attached hydrogens (tertiary/aromatic N) is 8. The molecule has 4 N–H and O–H groups in total. The van der Waals surface area contributed by atoms with Crippen LogP contribution in [-0.2, 0) is 103 Å². The van der Waals surface area contributed by atoms with Gasteiger partial charge in [-0.15, -0.1) is 0 Å². The van der Waals surface area contributed by atoms with Gasteiger partial charge >= 0.3 is 23.9 Å². The second kappa shape index (κ2) is 30.6. The number of aromatic nitrogens is 4. The van der Waals surface area contributed by atoms with Crippen LogP contribution in [-0.4, -0.2) is 180 Å². The normalized spacial score (nSPS) is 22.6. The maximum atomic E-state index is 15.0. The van der Waals surface area contributed by atoms with Gasteiger partial charge in [0.25, 0.3) is 23.6 Å². The van der Waals surface area contributed by atoms with E-state index in [0.29, 0.717) is 22.3 Å². The number of carbonyl (C=O) groups is 8. The number of esters is 4. The van der Waals surface area contributed by atoms with Crippen molar-refractivity contribution in [1.29, 1.82) is 0 Å². The summed E-state index contributed by atoms with van der Waals surface area (Å²) < 4.78 is 74.4. The van der Waals surface area contributed by atoms with Gasteiger partial charge in [0, 0.05) is 53.4 Å². The van der Waals surface area contributed by atoms with Crippen LogP contribution in [0.5, 0.6) is 0 Å². The minimum Gasteiger partial charge on any atom is -0.451 e. The highest BCUT2D eigenvalue weighted by Gasteiger charge is 2.43. The summed E-state index contributed by atoms with van der Waals surface area (Å²) >= 11 is 0. The van der Waals surface area contributed by atoms with Gasteiger partial charge in [-0.1, -0.05) is 104 Å². The van der Waals surface area contributed by atoms with E-state index in [0.717, 1.165) is 32.0 Å². The van der Waals surface area contributed by atoms with Gasteiger partial charge in [-0.25, -0.2) is 46.3 Å². The topological polar surface area (TPSA) is 342 Å². The molecule has 0 aliphatic carbocycles. The molecule has 4 aromatic rings. The molecule has 28 heteroatoms. The van der Waals surface area contributed by atoms with Crippen molar-refractivity contribution in [3.05, 3.63) is 95.6 Å². The first-order valence-corrected chi connectivity index (χ1v) is 32.2. The molecule has 1 aliphatic rings. The Morgan fingerprint density at radius 2 is 0.670 bits per heavy atom. The Morgan fingerprint density at radius 1 is 0.420 bits per heavy atom. The third kappa shape index (κ3) is 19.7. The molecule has 2 aromatic carbocycles. The molecule has 1 fully saturated rings. The third-order valence-electron chi connectivity index (χ3n) is 14.9. The molecule has 0 unspecified atom stereocenters. The first kappa shape index (κ1) is 71.2. The average molecular weight is 1270 g/mol. The fourth-order valence-electron chi connectivity index (χ4n) is 10.0. The van der Waals surface area contributed by atoms with Gasteiger partial charge < -0.3 is 38.5 Å². The summed E-state index contributed by atoms with van der Waals surface area (Å²) in [7, 11) is -2.70. The van der Waals surface area contributed by atoms with Crippen LogP contribution in [0.15, 0.2) is 83.1 Å². The molecule has 88 heavy (non-hydrogen) atoms. The summed E-state index contributed by atoms with van der Waals surface area (Å²) in [5.74, 6) is -8.33. The molecular formula is C60H86N10O16S2. The second-order valence-corrected chi connectivity index (χ2v) is 27.4. The van der Waals surface area contributed by atoms with Crippen molar-refractivity contribution in [2.45, 2.75) is 179 Å². The van der Waals surface area contributed by atoms with E-state index < -0.39 is 116 Å². The van der Waals surface area contributed by atoms with Gasteiger partial charge in [0.2, 0.25) is 20.0 Å². The third-order valence-corrected chi connectivity index (χ3v) is 16.7. The molecule has 26 nitrogen and oxygen atoms in total. The predicted octanol–water partition coefficient (Wildman–Crippen LogP) is 3.45. The van der Waals surface area contributed by atoms with Crippen LogP contribution in [0.3, 0.4) is 0 Å². The van der Waals surface area contributed by atoms with Crippen LogP contribution in [0.25, 0.3) is 0 Å². The van der Waals surface area contributed by atoms with Crippen molar-refractivity contribution in [2.75, 3.05) is 28.2 Å². The van der Waals surface area contributed by atoms with Crippen LogP contribution in [0.1, 0.15) is 117 Å². The molecular weight excluding hydrogens is 1180 g/mol. The molecule has 4 amide bonds. The number of rotatable bonds is 18. The minimum atomic E-state index is -4.01. The maximum Gasteiger partial charge on any atom is 0.329 e. The van der Waals surface area contributed by atoms with Crippen molar-refractivity contribution in [3.63, 3.8) is 0 Å². The number of hydrogen-bond donors (Lipinski definition) is 2. The highest BCUT2D eigenvalue weighted by Crippen LogP contribution is 2.25. The molecule has 3 heterocycles. The van der Waals surface area contributed by atoms with Gasteiger partial charge in [-0.05, 0) is 85.5 Å². The van der Waals surface area contributed by atoms with Crippen LogP contribution in [0.2, 0.25) is 0 Å². The van der Waals surface area contributed by atoms with Crippen molar-refractivity contribution in [3.8, 4) is 0 Å².